The monoisotopic (exact) mass is 230 g/mol. The van der Waals surface area contributed by atoms with Gasteiger partial charge in [-0.3, -0.25) is 9.89 Å². The van der Waals surface area contributed by atoms with Gasteiger partial charge in [-0.15, -0.1) is 0 Å². The Morgan fingerprint density at radius 1 is 1.53 bits per heavy atom. The molecule has 0 saturated heterocycles. The molecule has 3 heterocycles. The van der Waals surface area contributed by atoms with Crippen LogP contribution < -0.4 is 5.56 Å². The Hall–Kier alpha value is -2.21. The van der Waals surface area contributed by atoms with E-state index in [1.807, 2.05) is 12.1 Å². The minimum absolute atomic E-state index is 0.167. The van der Waals surface area contributed by atoms with Crippen molar-refractivity contribution >= 4 is 16.7 Å². The molecule has 0 bridgehead atoms. The number of pyridine rings is 1. The summed E-state index contributed by atoms with van der Waals surface area (Å²) in [5.41, 5.74) is 1.67. The van der Waals surface area contributed by atoms with E-state index in [0.717, 1.165) is 5.39 Å². The van der Waals surface area contributed by atoms with E-state index in [4.69, 9.17) is 4.74 Å². The maximum Gasteiger partial charge on any atom is 0.273 e. The molecule has 0 aliphatic heterocycles. The lowest BCUT2D eigenvalue weighted by Crippen LogP contribution is -2.15. The molecule has 17 heavy (non-hydrogen) atoms. The van der Waals surface area contributed by atoms with Crippen molar-refractivity contribution in [3.8, 4) is 0 Å². The summed E-state index contributed by atoms with van der Waals surface area (Å²) < 4.78 is 6.37. The second-order valence-electron chi connectivity index (χ2n) is 3.69. The van der Waals surface area contributed by atoms with E-state index >= 15 is 0 Å². The van der Waals surface area contributed by atoms with Gasteiger partial charge in [-0.25, -0.2) is 9.97 Å². The van der Waals surface area contributed by atoms with Gasteiger partial charge in [0.25, 0.3) is 5.56 Å². The molecule has 0 amide bonds. The van der Waals surface area contributed by atoms with Gasteiger partial charge in [0.15, 0.2) is 11.3 Å². The highest BCUT2D eigenvalue weighted by molar-refractivity contribution is 5.89. The van der Waals surface area contributed by atoms with Crippen LogP contribution in [0.4, 0.5) is 0 Å². The molecule has 0 spiro atoms. The van der Waals surface area contributed by atoms with Crippen LogP contribution in [-0.2, 0) is 11.3 Å². The van der Waals surface area contributed by atoms with E-state index in [0.29, 0.717) is 23.6 Å². The number of nitrogens with zero attached hydrogens (tertiary/aromatic N) is 3. The molecule has 1 N–H and O–H groups in total. The average Bonchev–Trinajstić information content (AvgIpc) is 2.69. The number of methoxy groups -OCH3 is 1. The average molecular weight is 230 g/mol. The molecule has 3 aromatic heterocycles. The number of aromatic nitrogens is 4. The topological polar surface area (TPSA) is 72.3 Å². The van der Waals surface area contributed by atoms with E-state index < -0.39 is 0 Å². The predicted molar refractivity (Wildman–Crippen MR) is 61.8 cm³/mol. The molecule has 0 aromatic carbocycles. The van der Waals surface area contributed by atoms with Crippen molar-refractivity contribution in [2.45, 2.75) is 6.61 Å². The number of aromatic amines is 1. The maximum atomic E-state index is 11.9. The first-order chi connectivity index (χ1) is 8.29. The zero-order valence-corrected chi connectivity index (χ0v) is 9.17. The highest BCUT2D eigenvalue weighted by Crippen LogP contribution is 2.13. The van der Waals surface area contributed by atoms with Gasteiger partial charge in [0.1, 0.15) is 0 Å². The number of hydrogen-bond acceptors (Lipinski definition) is 4. The molecule has 6 nitrogen and oxygen atoms in total. The summed E-state index contributed by atoms with van der Waals surface area (Å²) in [6, 6.07) is 5.13. The Morgan fingerprint density at radius 2 is 2.41 bits per heavy atom. The molecular formula is C11H10N4O2. The summed E-state index contributed by atoms with van der Waals surface area (Å²) in [5, 5.41) is 3.73. The zero-order chi connectivity index (χ0) is 11.8. The number of rotatable bonds is 2. The molecule has 0 atom stereocenters. The highest BCUT2D eigenvalue weighted by atomic mass is 16.5. The second-order valence-corrected chi connectivity index (χ2v) is 3.69. The number of nitrogens with one attached hydrogen (secondary N) is 1. The molecule has 0 aliphatic rings. The van der Waals surface area contributed by atoms with Crippen molar-refractivity contribution in [1.82, 2.24) is 19.6 Å². The molecule has 0 unspecified atom stereocenters. The molecule has 0 saturated carbocycles. The van der Waals surface area contributed by atoms with Crippen molar-refractivity contribution in [1.29, 1.82) is 0 Å². The van der Waals surface area contributed by atoms with Gasteiger partial charge in [-0.2, -0.15) is 4.52 Å². The van der Waals surface area contributed by atoms with Crippen molar-refractivity contribution in [3.05, 3.63) is 40.4 Å². The minimum Gasteiger partial charge on any atom is -0.378 e. The smallest absolute Gasteiger partial charge is 0.273 e. The first-order valence-corrected chi connectivity index (χ1v) is 5.14. The molecule has 0 radical (unpaired) electrons. The Morgan fingerprint density at radius 3 is 3.24 bits per heavy atom. The van der Waals surface area contributed by atoms with Crippen LogP contribution in [0.25, 0.3) is 16.7 Å². The van der Waals surface area contributed by atoms with Gasteiger partial charge in [-0.1, -0.05) is 0 Å². The fourth-order valence-corrected chi connectivity index (χ4v) is 1.82. The summed E-state index contributed by atoms with van der Waals surface area (Å²) in [4.78, 5) is 20.4. The zero-order valence-electron chi connectivity index (χ0n) is 9.17. The molecule has 6 heteroatoms. The summed E-state index contributed by atoms with van der Waals surface area (Å²) in [6.45, 7) is 0.318. The highest BCUT2D eigenvalue weighted by Gasteiger charge is 2.08. The Bertz CT molecular complexity index is 744. The molecule has 0 fully saturated rings. The van der Waals surface area contributed by atoms with Crippen LogP contribution in [-0.4, -0.2) is 26.7 Å². The predicted octanol–water partition coefficient (Wildman–Crippen LogP) is 0.717. The van der Waals surface area contributed by atoms with Crippen LogP contribution in [0.3, 0.4) is 0 Å². The fraction of sp³-hybridized carbons (Fsp3) is 0.182. The third kappa shape index (κ3) is 1.50. The van der Waals surface area contributed by atoms with Crippen LogP contribution in [0.15, 0.2) is 29.2 Å². The second kappa shape index (κ2) is 3.67. The third-order valence-electron chi connectivity index (χ3n) is 2.53. The van der Waals surface area contributed by atoms with Gasteiger partial charge < -0.3 is 4.74 Å². The number of ether oxygens (including phenoxy) is 1. The van der Waals surface area contributed by atoms with Gasteiger partial charge >= 0.3 is 0 Å². The van der Waals surface area contributed by atoms with Crippen molar-refractivity contribution in [3.63, 3.8) is 0 Å². The number of hydrogen-bond donors (Lipinski definition) is 1. The van der Waals surface area contributed by atoms with Crippen LogP contribution in [0.2, 0.25) is 0 Å². The summed E-state index contributed by atoms with van der Waals surface area (Å²) in [5.74, 6) is 0. The maximum absolute atomic E-state index is 11.9. The Labute approximate surface area is 95.9 Å². The lowest BCUT2D eigenvalue weighted by molar-refractivity contribution is 0.181. The van der Waals surface area contributed by atoms with Gasteiger partial charge in [0, 0.05) is 19.4 Å². The Kier molecular flexibility index (Phi) is 2.15. The largest absolute Gasteiger partial charge is 0.378 e. The first kappa shape index (κ1) is 9.98. The molecule has 3 aromatic rings. The SMILES string of the molecule is COCc1cc(=O)n2[nH]c3ncccc3c2n1. The fourth-order valence-electron chi connectivity index (χ4n) is 1.82. The van der Waals surface area contributed by atoms with E-state index in [9.17, 15) is 4.79 Å². The molecule has 3 rings (SSSR count). The van der Waals surface area contributed by atoms with Crippen LogP contribution in [0, 0.1) is 0 Å². The van der Waals surface area contributed by atoms with Gasteiger partial charge in [0.2, 0.25) is 0 Å². The Balaban J connectivity index is 2.42. The summed E-state index contributed by atoms with van der Waals surface area (Å²) in [6.07, 6.45) is 1.67. The number of fused-ring (bicyclic) bond motifs is 3. The summed E-state index contributed by atoms with van der Waals surface area (Å²) in [7, 11) is 1.57. The normalized spacial score (nSPS) is 11.4. The third-order valence-corrected chi connectivity index (χ3v) is 2.53. The standard InChI is InChI=1S/C11H10N4O2/c1-17-6-7-5-9(16)15-11(13-7)8-3-2-4-12-10(8)14-15/h2-5H,6H2,1H3,(H,12,14). The first-order valence-electron chi connectivity index (χ1n) is 5.14. The van der Waals surface area contributed by atoms with Crippen molar-refractivity contribution < 1.29 is 4.74 Å². The lowest BCUT2D eigenvalue weighted by Gasteiger charge is -1.98. The number of H-pyrrole nitrogens is 1. The van der Waals surface area contributed by atoms with Gasteiger partial charge in [0.05, 0.1) is 17.7 Å². The minimum atomic E-state index is -0.167. The molecular weight excluding hydrogens is 220 g/mol. The van der Waals surface area contributed by atoms with Crippen LogP contribution in [0.1, 0.15) is 5.69 Å². The van der Waals surface area contributed by atoms with E-state index in [-0.39, 0.29) is 5.56 Å². The van der Waals surface area contributed by atoms with E-state index in [2.05, 4.69) is 15.1 Å². The van der Waals surface area contributed by atoms with Crippen molar-refractivity contribution in [2.75, 3.05) is 7.11 Å². The molecule has 0 aliphatic carbocycles. The van der Waals surface area contributed by atoms with Crippen LogP contribution >= 0.6 is 0 Å². The quantitative estimate of drug-likeness (QED) is 0.704. The van der Waals surface area contributed by atoms with E-state index in [1.54, 1.807) is 13.3 Å². The summed E-state index contributed by atoms with van der Waals surface area (Å²) >= 11 is 0. The lowest BCUT2D eigenvalue weighted by atomic mass is 10.3. The molecule has 86 valence electrons. The van der Waals surface area contributed by atoms with Gasteiger partial charge in [-0.05, 0) is 12.1 Å². The van der Waals surface area contributed by atoms with Crippen molar-refractivity contribution in [2.24, 2.45) is 0 Å². The van der Waals surface area contributed by atoms with Crippen LogP contribution in [0.5, 0.6) is 0 Å². The van der Waals surface area contributed by atoms with E-state index in [1.165, 1.54) is 10.6 Å².